The molecule has 1 N–H and O–H groups in total. The Balaban J connectivity index is 1.82. The zero-order valence-corrected chi connectivity index (χ0v) is 17.0. The maximum Gasteiger partial charge on any atom is 0.235 e. The van der Waals surface area contributed by atoms with Crippen molar-refractivity contribution < 1.29 is 12.8 Å². The number of anilines is 1. The van der Waals surface area contributed by atoms with E-state index in [1.807, 2.05) is 13.0 Å². The van der Waals surface area contributed by atoms with Gasteiger partial charge in [0, 0.05) is 28.6 Å². The first kappa shape index (κ1) is 17.7. The maximum absolute atomic E-state index is 14.4. The number of fused-ring (bicyclic) bond motifs is 1. The van der Waals surface area contributed by atoms with Crippen LogP contribution in [0, 0.1) is 16.3 Å². The molecule has 3 aromatic rings. The number of aryl methyl sites for hydroxylation is 1. The van der Waals surface area contributed by atoms with Crippen molar-refractivity contribution >= 4 is 43.9 Å². The molecule has 1 aliphatic rings. The lowest BCUT2D eigenvalue weighted by Crippen LogP contribution is -2.19. The molecule has 8 heteroatoms. The molecule has 0 aliphatic heterocycles. The van der Waals surface area contributed by atoms with Crippen LogP contribution in [0.1, 0.15) is 29.5 Å². The van der Waals surface area contributed by atoms with Gasteiger partial charge in [0.2, 0.25) is 10.0 Å². The summed E-state index contributed by atoms with van der Waals surface area (Å²) in [5.41, 5.74) is 3.33. The van der Waals surface area contributed by atoms with Crippen LogP contribution in [-0.4, -0.2) is 23.1 Å². The molecule has 0 amide bonds. The zero-order chi connectivity index (χ0) is 18.5. The lowest BCUT2D eigenvalue weighted by atomic mass is 10.00. The van der Waals surface area contributed by atoms with Crippen LogP contribution < -0.4 is 4.72 Å². The third kappa shape index (κ3) is 3.32. The second kappa shape index (κ2) is 6.49. The van der Waals surface area contributed by atoms with Crippen LogP contribution in [0.5, 0.6) is 0 Å². The van der Waals surface area contributed by atoms with Gasteiger partial charge in [-0.2, -0.15) is 0 Å². The topological polar surface area (TPSA) is 63.5 Å². The minimum atomic E-state index is -3.42. The van der Waals surface area contributed by atoms with Crippen molar-refractivity contribution in [2.24, 2.45) is 0 Å². The van der Waals surface area contributed by atoms with Gasteiger partial charge in [0.15, 0.2) is 0 Å². The molecule has 2 aromatic heterocycles. The molecule has 0 unspecified atom stereocenters. The van der Waals surface area contributed by atoms with E-state index in [4.69, 9.17) is 0 Å². The fourth-order valence-electron chi connectivity index (χ4n) is 3.05. The van der Waals surface area contributed by atoms with Crippen LogP contribution in [-0.2, 0) is 16.4 Å². The molecule has 0 atom stereocenters. The fraction of sp³-hybridized carbons (Fsp3) is 0.278. The molecule has 4 rings (SSSR count). The van der Waals surface area contributed by atoms with Gasteiger partial charge in [0.1, 0.15) is 11.5 Å². The van der Waals surface area contributed by atoms with E-state index in [9.17, 15) is 12.8 Å². The van der Waals surface area contributed by atoms with Crippen molar-refractivity contribution in [3.63, 3.8) is 0 Å². The Morgan fingerprint density at radius 1 is 1.38 bits per heavy atom. The first-order valence-corrected chi connectivity index (χ1v) is 10.9. The predicted octanol–water partition coefficient (Wildman–Crippen LogP) is 3.88. The summed E-state index contributed by atoms with van der Waals surface area (Å²) in [6.45, 7) is 1.89. The van der Waals surface area contributed by atoms with Crippen molar-refractivity contribution in [2.75, 3.05) is 4.72 Å². The Labute approximate surface area is 164 Å². The van der Waals surface area contributed by atoms with Gasteiger partial charge in [0.05, 0.1) is 10.9 Å². The van der Waals surface area contributed by atoms with Crippen LogP contribution in [0.4, 0.5) is 10.1 Å². The van der Waals surface area contributed by atoms with Crippen LogP contribution in [0.3, 0.4) is 0 Å². The van der Waals surface area contributed by atoms with E-state index < -0.39 is 10.0 Å². The molecule has 0 bridgehead atoms. The third-order valence-corrected chi connectivity index (χ3v) is 7.17. The summed E-state index contributed by atoms with van der Waals surface area (Å²) in [7, 11) is -3.42. The molecule has 0 saturated heterocycles. The lowest BCUT2D eigenvalue weighted by Gasteiger charge is -2.16. The highest BCUT2D eigenvalue weighted by Crippen LogP contribution is 2.33. The summed E-state index contributed by atoms with van der Waals surface area (Å²) in [5.74, 6) is -0.296. The number of hydrogen-bond donors (Lipinski definition) is 1. The number of benzene rings is 1. The number of sulfonamides is 1. The van der Waals surface area contributed by atoms with Gasteiger partial charge in [-0.05, 0) is 71.2 Å². The van der Waals surface area contributed by atoms with E-state index in [2.05, 4.69) is 32.3 Å². The average Bonchev–Trinajstić information content (AvgIpc) is 3.33. The van der Waals surface area contributed by atoms with Crippen LogP contribution in [0.15, 0.2) is 36.8 Å². The Morgan fingerprint density at radius 2 is 2.15 bits per heavy atom. The number of imidazole rings is 1. The Kier molecular flexibility index (Phi) is 4.42. The minimum absolute atomic E-state index is 0.292. The third-order valence-electron chi connectivity index (χ3n) is 4.65. The molecule has 136 valence electrons. The molecule has 0 radical (unpaired) electrons. The van der Waals surface area contributed by atoms with Gasteiger partial charge >= 0.3 is 0 Å². The Hall–Kier alpha value is -1.68. The summed E-state index contributed by atoms with van der Waals surface area (Å²) in [5, 5.41) is -0.329. The molecular formula is C18H17FIN3O2S. The summed E-state index contributed by atoms with van der Waals surface area (Å²) in [6.07, 6.45) is 6.81. The van der Waals surface area contributed by atoms with E-state index in [1.54, 1.807) is 29.1 Å². The largest absolute Gasteiger partial charge is 0.305 e. The quantitative estimate of drug-likeness (QED) is 0.559. The smallest absolute Gasteiger partial charge is 0.235 e. The molecule has 0 spiro atoms. The number of hydrogen-bond acceptors (Lipinski definition) is 3. The Morgan fingerprint density at radius 3 is 2.85 bits per heavy atom. The van der Waals surface area contributed by atoms with Crippen molar-refractivity contribution in [3.8, 4) is 0 Å². The monoisotopic (exact) mass is 485 g/mol. The highest BCUT2D eigenvalue weighted by Gasteiger charge is 2.36. The van der Waals surface area contributed by atoms with E-state index in [0.29, 0.717) is 30.5 Å². The van der Waals surface area contributed by atoms with Crippen LogP contribution >= 0.6 is 22.6 Å². The minimum Gasteiger partial charge on any atom is -0.305 e. The normalized spacial score (nSPS) is 14.7. The molecule has 1 aromatic carbocycles. The predicted molar refractivity (Wildman–Crippen MR) is 107 cm³/mol. The van der Waals surface area contributed by atoms with Crippen LogP contribution in [0.25, 0.3) is 5.65 Å². The lowest BCUT2D eigenvalue weighted by molar-refractivity contribution is 0.600. The Bertz CT molecular complexity index is 1110. The van der Waals surface area contributed by atoms with E-state index in [-0.39, 0.29) is 11.1 Å². The zero-order valence-electron chi connectivity index (χ0n) is 14.0. The summed E-state index contributed by atoms with van der Waals surface area (Å²) in [6, 6.07) is 5.06. The standard InChI is InChI=1S/C18H17FIN3O2S/c1-11-15(8-12-2-3-13(20)9-16(12)19)17(10-23-7-6-21-18(11)23)22-26(24,25)14-4-5-14/h2-3,6-7,9-10,14,22H,4-5,8H2,1H3. The van der Waals surface area contributed by atoms with Gasteiger partial charge in [0.25, 0.3) is 0 Å². The second-order valence-electron chi connectivity index (χ2n) is 6.56. The van der Waals surface area contributed by atoms with E-state index in [0.717, 1.165) is 20.3 Å². The van der Waals surface area contributed by atoms with Crippen molar-refractivity contribution in [1.29, 1.82) is 0 Å². The van der Waals surface area contributed by atoms with Crippen molar-refractivity contribution in [2.45, 2.75) is 31.4 Å². The molecule has 1 saturated carbocycles. The summed E-state index contributed by atoms with van der Waals surface area (Å²) >= 11 is 2.06. The molecule has 1 aliphatic carbocycles. The number of aromatic nitrogens is 2. The maximum atomic E-state index is 14.4. The van der Waals surface area contributed by atoms with Gasteiger partial charge in [-0.1, -0.05) is 6.07 Å². The van der Waals surface area contributed by atoms with Crippen molar-refractivity contribution in [1.82, 2.24) is 9.38 Å². The molecular weight excluding hydrogens is 468 g/mol. The molecule has 1 fully saturated rings. The molecule has 5 nitrogen and oxygen atoms in total. The summed E-state index contributed by atoms with van der Waals surface area (Å²) < 4.78 is 44.6. The molecule has 2 heterocycles. The van der Waals surface area contributed by atoms with E-state index >= 15 is 0 Å². The van der Waals surface area contributed by atoms with Gasteiger partial charge in [-0.3, -0.25) is 4.72 Å². The van der Waals surface area contributed by atoms with Gasteiger partial charge in [-0.25, -0.2) is 17.8 Å². The first-order valence-electron chi connectivity index (χ1n) is 8.26. The fourth-order valence-corrected chi connectivity index (χ4v) is 4.91. The SMILES string of the molecule is Cc1c(Cc2ccc(I)cc2F)c(NS(=O)(=O)C2CC2)cn2ccnc12. The van der Waals surface area contributed by atoms with E-state index in [1.165, 1.54) is 6.07 Å². The average molecular weight is 485 g/mol. The molecule has 26 heavy (non-hydrogen) atoms. The number of nitrogens with zero attached hydrogens (tertiary/aromatic N) is 2. The van der Waals surface area contributed by atoms with Crippen molar-refractivity contribution in [3.05, 3.63) is 62.9 Å². The number of halogens is 2. The highest BCUT2D eigenvalue weighted by molar-refractivity contribution is 14.1. The van der Waals surface area contributed by atoms with Gasteiger partial charge < -0.3 is 4.40 Å². The highest BCUT2D eigenvalue weighted by atomic mass is 127. The summed E-state index contributed by atoms with van der Waals surface area (Å²) in [4.78, 5) is 4.33. The first-order chi connectivity index (χ1) is 12.3. The van der Waals surface area contributed by atoms with Gasteiger partial charge in [-0.15, -0.1) is 0 Å². The number of nitrogens with one attached hydrogen (secondary N) is 1. The number of rotatable bonds is 5. The number of pyridine rings is 1. The van der Waals surface area contributed by atoms with Crippen LogP contribution in [0.2, 0.25) is 0 Å². The second-order valence-corrected chi connectivity index (χ2v) is 9.77.